The van der Waals surface area contributed by atoms with Crippen LogP contribution in [0.3, 0.4) is 0 Å². The molecular formula is C22H21FN2O3S. The predicted octanol–water partition coefficient (Wildman–Crippen LogP) is 3.99. The Morgan fingerprint density at radius 2 is 1.52 bits per heavy atom. The van der Waals surface area contributed by atoms with Crippen molar-refractivity contribution in [3.05, 3.63) is 95.8 Å². The minimum absolute atomic E-state index is 0.0543. The summed E-state index contributed by atoms with van der Waals surface area (Å²) >= 11 is 0. The SMILES string of the molecule is O=C(NCCCc1ccccc1)c1ccc(S(=O)(=O)Nc2ccccc2F)cc1. The highest BCUT2D eigenvalue weighted by Crippen LogP contribution is 2.19. The Balaban J connectivity index is 1.56. The molecule has 0 atom stereocenters. The van der Waals surface area contributed by atoms with Gasteiger partial charge >= 0.3 is 0 Å². The Hall–Kier alpha value is -3.19. The van der Waals surface area contributed by atoms with E-state index < -0.39 is 15.8 Å². The number of aryl methyl sites for hydroxylation is 1. The van der Waals surface area contributed by atoms with E-state index in [0.717, 1.165) is 12.8 Å². The molecule has 0 fully saturated rings. The second-order valence-corrected chi connectivity index (χ2v) is 8.14. The molecule has 3 aromatic rings. The van der Waals surface area contributed by atoms with Crippen LogP contribution in [0.15, 0.2) is 83.8 Å². The molecule has 29 heavy (non-hydrogen) atoms. The molecular weight excluding hydrogens is 391 g/mol. The molecule has 0 aromatic heterocycles. The number of hydrogen-bond acceptors (Lipinski definition) is 3. The summed E-state index contributed by atoms with van der Waals surface area (Å²) in [6, 6.07) is 21.0. The van der Waals surface area contributed by atoms with Gasteiger partial charge in [0.15, 0.2) is 0 Å². The van der Waals surface area contributed by atoms with Gasteiger partial charge in [0.1, 0.15) is 5.82 Å². The van der Waals surface area contributed by atoms with Crippen LogP contribution in [0.5, 0.6) is 0 Å². The highest BCUT2D eigenvalue weighted by molar-refractivity contribution is 7.92. The molecule has 5 nitrogen and oxygen atoms in total. The fourth-order valence-corrected chi connectivity index (χ4v) is 3.84. The number of para-hydroxylation sites is 1. The van der Waals surface area contributed by atoms with E-state index in [1.165, 1.54) is 54.1 Å². The summed E-state index contributed by atoms with van der Waals surface area (Å²) < 4.78 is 40.7. The second-order valence-electron chi connectivity index (χ2n) is 6.45. The van der Waals surface area contributed by atoms with E-state index in [2.05, 4.69) is 10.0 Å². The largest absolute Gasteiger partial charge is 0.352 e. The maximum Gasteiger partial charge on any atom is 0.261 e. The number of hydrogen-bond donors (Lipinski definition) is 2. The first-order chi connectivity index (χ1) is 14.0. The van der Waals surface area contributed by atoms with Crippen molar-refractivity contribution < 1.29 is 17.6 Å². The van der Waals surface area contributed by atoms with Crippen LogP contribution in [0.1, 0.15) is 22.3 Å². The molecule has 0 heterocycles. The molecule has 0 aliphatic rings. The van der Waals surface area contributed by atoms with E-state index >= 15 is 0 Å². The fraction of sp³-hybridized carbons (Fsp3) is 0.136. The highest BCUT2D eigenvalue weighted by Gasteiger charge is 2.16. The lowest BCUT2D eigenvalue weighted by Gasteiger charge is -2.10. The van der Waals surface area contributed by atoms with Gasteiger partial charge < -0.3 is 5.32 Å². The molecule has 3 aromatic carbocycles. The van der Waals surface area contributed by atoms with E-state index in [0.29, 0.717) is 12.1 Å². The number of amides is 1. The van der Waals surface area contributed by atoms with E-state index in [-0.39, 0.29) is 16.5 Å². The first-order valence-electron chi connectivity index (χ1n) is 9.15. The van der Waals surface area contributed by atoms with Gasteiger partial charge in [-0.25, -0.2) is 12.8 Å². The van der Waals surface area contributed by atoms with Crippen LogP contribution in [0.25, 0.3) is 0 Å². The molecule has 1 amide bonds. The van der Waals surface area contributed by atoms with Crippen LogP contribution in [-0.2, 0) is 16.4 Å². The minimum atomic E-state index is -3.95. The zero-order chi connectivity index (χ0) is 20.7. The van der Waals surface area contributed by atoms with Crippen molar-refractivity contribution in [1.29, 1.82) is 0 Å². The van der Waals surface area contributed by atoms with Crippen molar-refractivity contribution in [2.75, 3.05) is 11.3 Å². The number of nitrogens with one attached hydrogen (secondary N) is 2. The molecule has 3 rings (SSSR count). The lowest BCUT2D eigenvalue weighted by atomic mass is 10.1. The van der Waals surface area contributed by atoms with Crippen LogP contribution < -0.4 is 10.0 Å². The van der Waals surface area contributed by atoms with Crippen LogP contribution in [0.2, 0.25) is 0 Å². The first kappa shape index (κ1) is 20.5. The average Bonchev–Trinajstić information content (AvgIpc) is 2.73. The van der Waals surface area contributed by atoms with Gasteiger partial charge in [0.05, 0.1) is 10.6 Å². The number of carbonyl (C=O) groups is 1. The third kappa shape index (κ3) is 5.65. The topological polar surface area (TPSA) is 75.3 Å². The summed E-state index contributed by atoms with van der Waals surface area (Å²) in [6.45, 7) is 0.516. The summed E-state index contributed by atoms with van der Waals surface area (Å²) in [7, 11) is -3.95. The lowest BCUT2D eigenvalue weighted by Crippen LogP contribution is -2.24. The lowest BCUT2D eigenvalue weighted by molar-refractivity contribution is 0.0953. The minimum Gasteiger partial charge on any atom is -0.352 e. The van der Waals surface area contributed by atoms with Gasteiger partial charge in [0, 0.05) is 12.1 Å². The van der Waals surface area contributed by atoms with Crippen molar-refractivity contribution >= 4 is 21.6 Å². The van der Waals surface area contributed by atoms with Gasteiger partial charge in [0.2, 0.25) is 0 Å². The number of rotatable bonds is 8. The Bertz CT molecular complexity index is 1070. The molecule has 7 heteroatoms. The Morgan fingerprint density at radius 1 is 0.862 bits per heavy atom. The molecule has 2 N–H and O–H groups in total. The van der Waals surface area contributed by atoms with Gasteiger partial charge in [-0.05, 0) is 54.8 Å². The monoisotopic (exact) mass is 412 g/mol. The van der Waals surface area contributed by atoms with Gasteiger partial charge in [-0.1, -0.05) is 42.5 Å². The van der Waals surface area contributed by atoms with E-state index in [9.17, 15) is 17.6 Å². The molecule has 0 unspecified atom stereocenters. The zero-order valence-corrected chi connectivity index (χ0v) is 16.5. The zero-order valence-electron chi connectivity index (χ0n) is 15.6. The summed E-state index contributed by atoms with van der Waals surface area (Å²) in [5.41, 5.74) is 1.43. The van der Waals surface area contributed by atoms with E-state index in [1.54, 1.807) is 0 Å². The summed E-state index contributed by atoms with van der Waals surface area (Å²) in [5, 5.41) is 2.82. The normalized spacial score (nSPS) is 11.1. The van der Waals surface area contributed by atoms with Gasteiger partial charge in [-0.3, -0.25) is 9.52 Å². The smallest absolute Gasteiger partial charge is 0.261 e. The second kappa shape index (κ2) is 9.34. The Morgan fingerprint density at radius 3 is 2.21 bits per heavy atom. The number of benzene rings is 3. The van der Waals surface area contributed by atoms with Gasteiger partial charge in [0.25, 0.3) is 15.9 Å². The van der Waals surface area contributed by atoms with E-state index in [1.807, 2.05) is 30.3 Å². The number of anilines is 1. The van der Waals surface area contributed by atoms with Crippen LogP contribution in [0.4, 0.5) is 10.1 Å². The van der Waals surface area contributed by atoms with Crippen LogP contribution in [0, 0.1) is 5.82 Å². The quantitative estimate of drug-likeness (QED) is 0.550. The van der Waals surface area contributed by atoms with E-state index in [4.69, 9.17) is 0 Å². The number of halogens is 1. The average molecular weight is 412 g/mol. The summed E-state index contributed by atoms with van der Waals surface area (Å²) in [6.07, 6.45) is 1.66. The van der Waals surface area contributed by atoms with Crippen molar-refractivity contribution in [2.24, 2.45) is 0 Å². The van der Waals surface area contributed by atoms with Crippen molar-refractivity contribution in [1.82, 2.24) is 5.32 Å². The molecule has 0 saturated carbocycles. The third-order valence-electron chi connectivity index (χ3n) is 4.32. The summed E-state index contributed by atoms with van der Waals surface area (Å²) in [5.74, 6) is -0.938. The third-order valence-corrected chi connectivity index (χ3v) is 5.70. The van der Waals surface area contributed by atoms with Gasteiger partial charge in [-0.2, -0.15) is 0 Å². The maximum atomic E-state index is 13.7. The Labute approximate surface area is 169 Å². The molecule has 0 radical (unpaired) electrons. The highest BCUT2D eigenvalue weighted by atomic mass is 32.2. The first-order valence-corrected chi connectivity index (χ1v) is 10.6. The fourth-order valence-electron chi connectivity index (χ4n) is 2.77. The number of carbonyl (C=O) groups excluding carboxylic acids is 1. The molecule has 150 valence electrons. The standard InChI is InChI=1S/C22H21FN2O3S/c23-20-10-4-5-11-21(20)25-29(27,28)19-14-12-18(13-15-19)22(26)24-16-6-9-17-7-2-1-3-8-17/h1-5,7-8,10-15,25H,6,9,16H2,(H,24,26). The summed E-state index contributed by atoms with van der Waals surface area (Å²) in [4.78, 5) is 12.2. The van der Waals surface area contributed by atoms with Crippen molar-refractivity contribution in [3.63, 3.8) is 0 Å². The maximum absolute atomic E-state index is 13.7. The van der Waals surface area contributed by atoms with Crippen molar-refractivity contribution in [3.8, 4) is 0 Å². The predicted molar refractivity (Wildman–Crippen MR) is 111 cm³/mol. The van der Waals surface area contributed by atoms with Crippen LogP contribution in [-0.4, -0.2) is 20.9 Å². The van der Waals surface area contributed by atoms with Crippen molar-refractivity contribution in [2.45, 2.75) is 17.7 Å². The molecule has 0 aliphatic heterocycles. The van der Waals surface area contributed by atoms with Crippen LogP contribution >= 0.6 is 0 Å². The number of sulfonamides is 1. The van der Waals surface area contributed by atoms with Gasteiger partial charge in [-0.15, -0.1) is 0 Å². The molecule has 0 saturated heterocycles. The molecule has 0 bridgehead atoms. The molecule has 0 aliphatic carbocycles. The Kier molecular flexibility index (Phi) is 6.61. The molecule has 0 spiro atoms.